The highest BCUT2D eigenvalue weighted by atomic mass is 32.2. The van der Waals surface area contributed by atoms with Gasteiger partial charge in [0.1, 0.15) is 0 Å². The van der Waals surface area contributed by atoms with Crippen molar-refractivity contribution in [3.63, 3.8) is 0 Å². The number of nitrogens with two attached hydrogens (primary N) is 1. The predicted octanol–water partition coefficient (Wildman–Crippen LogP) is 4.74. The Hall–Kier alpha value is -2.38. The summed E-state index contributed by atoms with van der Waals surface area (Å²) in [5.74, 6) is 0.907. The van der Waals surface area contributed by atoms with Crippen molar-refractivity contribution >= 4 is 17.4 Å². The maximum Gasteiger partial charge on any atom is 0.185 e. The summed E-state index contributed by atoms with van der Waals surface area (Å²) in [5.41, 5.74) is 9.54. The predicted molar refractivity (Wildman–Crippen MR) is 119 cm³/mol. The van der Waals surface area contributed by atoms with Gasteiger partial charge in [-0.15, -0.1) is 11.8 Å². The van der Waals surface area contributed by atoms with Crippen LogP contribution in [0, 0.1) is 5.92 Å². The second kappa shape index (κ2) is 9.62. The summed E-state index contributed by atoms with van der Waals surface area (Å²) in [7, 11) is 0. The Labute approximate surface area is 181 Å². The number of nitrogen functional groups attached to an aromatic ring is 1. The summed E-state index contributed by atoms with van der Waals surface area (Å²) >= 11 is 1.68. The maximum absolute atomic E-state index is 9.36. The molecular weight excluding hydrogens is 396 g/mol. The van der Waals surface area contributed by atoms with E-state index >= 15 is 0 Å². The molecule has 0 unspecified atom stereocenters. The number of aliphatic hydroxyl groups is 1. The van der Waals surface area contributed by atoms with Gasteiger partial charge < -0.3 is 20.3 Å². The summed E-state index contributed by atoms with van der Waals surface area (Å²) in [4.78, 5) is 4.41. The first-order chi connectivity index (χ1) is 14.6. The highest BCUT2D eigenvalue weighted by Crippen LogP contribution is 2.43. The van der Waals surface area contributed by atoms with Gasteiger partial charge in [0.15, 0.2) is 6.29 Å². The monoisotopic (exact) mass is 422 g/mol. The van der Waals surface area contributed by atoms with Gasteiger partial charge in [-0.3, -0.25) is 0 Å². The molecule has 0 amide bonds. The zero-order valence-electron chi connectivity index (χ0n) is 16.8. The number of ether oxygens (including phenoxy) is 2. The minimum atomic E-state index is -0.499. The lowest BCUT2D eigenvalue weighted by atomic mass is 9.91. The van der Waals surface area contributed by atoms with E-state index in [0.29, 0.717) is 5.69 Å². The lowest BCUT2D eigenvalue weighted by Gasteiger charge is -2.41. The van der Waals surface area contributed by atoms with E-state index in [0.717, 1.165) is 27.5 Å². The molecule has 0 radical (unpaired) electrons. The van der Waals surface area contributed by atoms with Crippen molar-refractivity contribution in [2.24, 2.45) is 5.92 Å². The van der Waals surface area contributed by atoms with Crippen molar-refractivity contribution in [3.8, 4) is 0 Å². The minimum Gasteiger partial charge on any atom is -0.399 e. The summed E-state index contributed by atoms with van der Waals surface area (Å²) in [6.45, 7) is 2.18. The van der Waals surface area contributed by atoms with E-state index in [2.05, 4.69) is 11.9 Å². The standard InChI is InChI=1S/C24H26N2O3S/c1-16-21(15-30-22-7-2-3-12-26-22)28-24(19-5-4-6-20(25)13-19)29-23(16)18-10-8-17(14-27)9-11-18/h2-13,16,21,23-24,27H,14-15,25H2,1H3/t16-,21+,23+,24+/m1/s1. The van der Waals surface area contributed by atoms with Crippen LogP contribution >= 0.6 is 11.8 Å². The third-order valence-electron chi connectivity index (χ3n) is 5.34. The topological polar surface area (TPSA) is 77.6 Å². The number of benzene rings is 2. The Morgan fingerprint density at radius 1 is 1.00 bits per heavy atom. The molecule has 5 nitrogen and oxygen atoms in total. The minimum absolute atomic E-state index is 0.0275. The van der Waals surface area contributed by atoms with E-state index in [-0.39, 0.29) is 24.7 Å². The summed E-state index contributed by atoms with van der Waals surface area (Å²) < 4.78 is 12.8. The zero-order valence-corrected chi connectivity index (χ0v) is 17.7. The number of aromatic nitrogens is 1. The lowest BCUT2D eigenvalue weighted by Crippen LogP contribution is -2.38. The molecule has 0 bridgehead atoms. The van der Waals surface area contributed by atoms with Crippen LogP contribution in [-0.4, -0.2) is 21.9 Å². The third-order valence-corrected chi connectivity index (χ3v) is 6.37. The van der Waals surface area contributed by atoms with Crippen LogP contribution in [0.15, 0.2) is 78.0 Å². The van der Waals surface area contributed by atoms with Crippen LogP contribution < -0.4 is 5.73 Å². The Kier molecular flexibility index (Phi) is 6.69. The SMILES string of the molecule is C[C@@H]1[C@H](CSc2ccccn2)O[C@H](c2cccc(N)c2)O[C@@H]1c1ccc(CO)cc1. The van der Waals surface area contributed by atoms with Crippen LogP contribution in [0.5, 0.6) is 0 Å². The molecule has 30 heavy (non-hydrogen) atoms. The number of anilines is 1. The maximum atomic E-state index is 9.36. The molecule has 3 N–H and O–H groups in total. The molecule has 3 aromatic rings. The number of pyridine rings is 1. The number of hydrogen-bond donors (Lipinski definition) is 2. The van der Waals surface area contributed by atoms with E-state index in [9.17, 15) is 5.11 Å². The van der Waals surface area contributed by atoms with Crippen LogP contribution in [-0.2, 0) is 16.1 Å². The van der Waals surface area contributed by atoms with E-state index in [1.54, 1.807) is 18.0 Å². The van der Waals surface area contributed by atoms with Gasteiger partial charge in [-0.25, -0.2) is 4.98 Å². The Morgan fingerprint density at radius 2 is 1.83 bits per heavy atom. The van der Waals surface area contributed by atoms with E-state index in [1.807, 2.05) is 66.7 Å². The molecule has 1 fully saturated rings. The Balaban J connectivity index is 1.59. The van der Waals surface area contributed by atoms with Crippen LogP contribution in [0.1, 0.15) is 36.0 Å². The molecule has 156 valence electrons. The molecule has 6 heteroatoms. The fraction of sp³-hybridized carbons (Fsp3) is 0.292. The molecule has 0 saturated carbocycles. The number of nitrogens with zero attached hydrogens (tertiary/aromatic N) is 1. The van der Waals surface area contributed by atoms with Crippen LogP contribution in [0.2, 0.25) is 0 Å². The number of aliphatic hydroxyl groups excluding tert-OH is 1. The van der Waals surface area contributed by atoms with Gasteiger partial charge in [-0.1, -0.05) is 49.4 Å². The van der Waals surface area contributed by atoms with Gasteiger partial charge in [0.2, 0.25) is 0 Å². The molecule has 1 aliphatic rings. The summed E-state index contributed by atoms with van der Waals surface area (Å²) in [5, 5.41) is 10.3. The van der Waals surface area contributed by atoms with E-state index < -0.39 is 6.29 Å². The van der Waals surface area contributed by atoms with E-state index in [4.69, 9.17) is 15.2 Å². The largest absolute Gasteiger partial charge is 0.399 e. The van der Waals surface area contributed by atoms with Gasteiger partial charge in [0, 0.05) is 29.1 Å². The smallest absolute Gasteiger partial charge is 0.185 e. The Bertz CT molecular complexity index is 952. The van der Waals surface area contributed by atoms with Gasteiger partial charge in [-0.05, 0) is 35.4 Å². The number of thioether (sulfide) groups is 1. The number of rotatable bonds is 6. The lowest BCUT2D eigenvalue weighted by molar-refractivity contribution is -0.268. The molecule has 4 rings (SSSR count). The highest BCUT2D eigenvalue weighted by Gasteiger charge is 2.38. The van der Waals surface area contributed by atoms with Crippen molar-refractivity contribution in [3.05, 3.63) is 89.6 Å². The first-order valence-electron chi connectivity index (χ1n) is 10.0. The molecule has 0 aliphatic carbocycles. The van der Waals surface area contributed by atoms with Gasteiger partial charge in [-0.2, -0.15) is 0 Å². The van der Waals surface area contributed by atoms with Crippen molar-refractivity contribution < 1.29 is 14.6 Å². The zero-order chi connectivity index (χ0) is 20.9. The summed E-state index contributed by atoms with van der Waals surface area (Å²) in [6.07, 6.45) is 1.14. The van der Waals surface area contributed by atoms with Crippen LogP contribution in [0.4, 0.5) is 5.69 Å². The summed E-state index contributed by atoms with van der Waals surface area (Å²) in [6, 6.07) is 21.5. The molecule has 4 atom stereocenters. The van der Waals surface area contributed by atoms with Crippen molar-refractivity contribution in [1.29, 1.82) is 0 Å². The van der Waals surface area contributed by atoms with Crippen LogP contribution in [0.3, 0.4) is 0 Å². The highest BCUT2D eigenvalue weighted by molar-refractivity contribution is 7.99. The van der Waals surface area contributed by atoms with E-state index in [1.165, 1.54) is 0 Å². The van der Waals surface area contributed by atoms with Gasteiger partial charge in [0.05, 0.1) is 23.8 Å². The molecule has 1 aliphatic heterocycles. The van der Waals surface area contributed by atoms with Crippen molar-refractivity contribution in [2.75, 3.05) is 11.5 Å². The Morgan fingerprint density at radius 3 is 2.53 bits per heavy atom. The molecule has 2 heterocycles. The van der Waals surface area contributed by atoms with Gasteiger partial charge in [0.25, 0.3) is 0 Å². The average molecular weight is 423 g/mol. The van der Waals surface area contributed by atoms with Gasteiger partial charge >= 0.3 is 0 Å². The molecule has 1 saturated heterocycles. The second-order valence-electron chi connectivity index (χ2n) is 7.47. The number of hydrogen-bond acceptors (Lipinski definition) is 6. The normalized spacial score (nSPS) is 23.9. The third kappa shape index (κ3) is 4.84. The molecule has 0 spiro atoms. The second-order valence-corrected chi connectivity index (χ2v) is 8.51. The fourth-order valence-electron chi connectivity index (χ4n) is 3.62. The fourth-order valence-corrected chi connectivity index (χ4v) is 4.64. The molecular formula is C24H26N2O3S. The van der Waals surface area contributed by atoms with Crippen LogP contribution in [0.25, 0.3) is 0 Å². The first kappa shape index (κ1) is 20.9. The average Bonchev–Trinajstić information content (AvgIpc) is 2.79. The quantitative estimate of drug-likeness (QED) is 0.441. The molecule has 1 aromatic heterocycles. The van der Waals surface area contributed by atoms with Crippen molar-refractivity contribution in [1.82, 2.24) is 4.98 Å². The first-order valence-corrected chi connectivity index (χ1v) is 11.0. The molecule has 2 aromatic carbocycles. The van der Waals surface area contributed by atoms with Crippen molar-refractivity contribution in [2.45, 2.75) is 37.1 Å².